The molecule has 0 aliphatic carbocycles. The largest absolute Gasteiger partial charge is 0.368 e. The van der Waals surface area contributed by atoms with Crippen molar-refractivity contribution in [3.05, 3.63) is 95.4 Å². The van der Waals surface area contributed by atoms with Crippen molar-refractivity contribution >= 4 is 28.9 Å². The summed E-state index contributed by atoms with van der Waals surface area (Å²) in [5, 5.41) is 2.84. The number of carbonyl (C=O) groups is 2. The first-order valence-electron chi connectivity index (χ1n) is 14.5. The zero-order valence-electron chi connectivity index (χ0n) is 24.5. The minimum Gasteiger partial charge on any atom is -0.368 e. The van der Waals surface area contributed by atoms with Gasteiger partial charge in [-0.3, -0.25) is 9.59 Å². The lowest BCUT2D eigenvalue weighted by molar-refractivity contribution is -0.112. The molecular formula is C34H39N5O2. The maximum absolute atomic E-state index is 13.6. The molecule has 1 saturated heterocycles. The Hall–Kier alpha value is -4.39. The van der Waals surface area contributed by atoms with Crippen LogP contribution in [0.25, 0.3) is 11.1 Å². The van der Waals surface area contributed by atoms with E-state index in [2.05, 4.69) is 41.1 Å². The van der Waals surface area contributed by atoms with E-state index in [1.54, 1.807) is 0 Å². The van der Waals surface area contributed by atoms with Gasteiger partial charge in [-0.25, -0.2) is 4.98 Å². The van der Waals surface area contributed by atoms with Gasteiger partial charge in [-0.15, -0.1) is 0 Å². The van der Waals surface area contributed by atoms with Crippen molar-refractivity contribution in [2.75, 3.05) is 41.3 Å². The molecule has 1 fully saturated rings. The Morgan fingerprint density at radius 3 is 2.20 bits per heavy atom. The van der Waals surface area contributed by atoms with E-state index < -0.39 is 11.7 Å². The number of anilines is 3. The number of hydrogen-bond acceptors (Lipinski definition) is 5. The molecule has 212 valence electrons. The maximum Gasteiger partial charge on any atom is 0.298 e. The highest BCUT2D eigenvalue weighted by Gasteiger charge is 2.26. The maximum atomic E-state index is 13.6. The third-order valence-electron chi connectivity index (χ3n) is 7.72. The van der Waals surface area contributed by atoms with Gasteiger partial charge in [0.2, 0.25) is 0 Å². The van der Waals surface area contributed by atoms with Gasteiger partial charge in [0.05, 0.1) is 0 Å². The summed E-state index contributed by atoms with van der Waals surface area (Å²) in [5.74, 6) is -0.107. The van der Waals surface area contributed by atoms with Crippen molar-refractivity contribution in [3.8, 4) is 11.1 Å². The first-order chi connectivity index (χ1) is 19.8. The number of amides is 1. The molecule has 0 atom stereocenters. The molecule has 1 N–H and O–H groups in total. The lowest BCUT2D eigenvalue weighted by atomic mass is 10.0. The number of pyridine rings is 1. The van der Waals surface area contributed by atoms with Gasteiger partial charge in [0.1, 0.15) is 11.5 Å². The van der Waals surface area contributed by atoms with Crippen LogP contribution in [0.2, 0.25) is 0 Å². The number of aromatic nitrogens is 2. The van der Waals surface area contributed by atoms with Crippen LogP contribution in [0, 0.1) is 20.8 Å². The van der Waals surface area contributed by atoms with E-state index in [0.717, 1.165) is 73.0 Å². The second kappa shape index (κ2) is 12.4. The van der Waals surface area contributed by atoms with E-state index in [-0.39, 0.29) is 0 Å². The van der Waals surface area contributed by atoms with Crippen molar-refractivity contribution in [1.29, 1.82) is 0 Å². The molecule has 7 nitrogen and oxygen atoms in total. The predicted molar refractivity (Wildman–Crippen MR) is 167 cm³/mol. The molecule has 0 bridgehead atoms. The molecule has 1 aliphatic rings. The van der Waals surface area contributed by atoms with Gasteiger partial charge in [0, 0.05) is 61.0 Å². The number of piperazine rings is 1. The van der Waals surface area contributed by atoms with Crippen LogP contribution in [0.1, 0.15) is 47.2 Å². The van der Waals surface area contributed by atoms with Crippen LogP contribution in [0.15, 0.2) is 72.8 Å². The normalized spacial score (nSPS) is 13.4. The van der Waals surface area contributed by atoms with Gasteiger partial charge in [-0.1, -0.05) is 43.7 Å². The SMILES string of the molecule is CCCCn1c(C)cc(-c2ccccc2)c1C(=O)C(=O)Nc1ccc(N2CCN(c3cc(C)cc(C)n3)CC2)cc1. The van der Waals surface area contributed by atoms with Crippen LogP contribution in [0.3, 0.4) is 0 Å². The second-order valence-corrected chi connectivity index (χ2v) is 10.9. The molecular weight excluding hydrogens is 510 g/mol. The van der Waals surface area contributed by atoms with Crippen LogP contribution >= 0.6 is 0 Å². The van der Waals surface area contributed by atoms with Gasteiger partial charge in [-0.2, -0.15) is 0 Å². The number of unbranched alkanes of at least 4 members (excludes halogenated alkanes) is 1. The monoisotopic (exact) mass is 549 g/mol. The molecule has 0 spiro atoms. The van der Waals surface area contributed by atoms with Gasteiger partial charge in [0.15, 0.2) is 0 Å². The average molecular weight is 550 g/mol. The number of carbonyl (C=O) groups excluding carboxylic acids is 2. The molecule has 0 radical (unpaired) electrons. The molecule has 1 aliphatic heterocycles. The summed E-state index contributed by atoms with van der Waals surface area (Å²) in [7, 11) is 0. The second-order valence-electron chi connectivity index (χ2n) is 10.9. The molecule has 0 saturated carbocycles. The van der Waals surface area contributed by atoms with Crippen molar-refractivity contribution in [3.63, 3.8) is 0 Å². The molecule has 2 aromatic heterocycles. The molecule has 1 amide bonds. The predicted octanol–water partition coefficient (Wildman–Crippen LogP) is 6.42. The summed E-state index contributed by atoms with van der Waals surface area (Å²) in [6, 6.07) is 23.8. The van der Waals surface area contributed by atoms with E-state index in [9.17, 15) is 9.59 Å². The van der Waals surface area contributed by atoms with Crippen molar-refractivity contribution < 1.29 is 9.59 Å². The number of rotatable bonds is 9. The Labute approximate surface area is 242 Å². The first-order valence-corrected chi connectivity index (χ1v) is 14.5. The molecule has 7 heteroatoms. The zero-order chi connectivity index (χ0) is 28.9. The summed E-state index contributed by atoms with van der Waals surface area (Å²) in [4.78, 5) is 36.2. The van der Waals surface area contributed by atoms with Crippen molar-refractivity contribution in [1.82, 2.24) is 9.55 Å². The fourth-order valence-electron chi connectivity index (χ4n) is 5.59. The number of nitrogens with zero attached hydrogens (tertiary/aromatic N) is 4. The highest BCUT2D eigenvalue weighted by atomic mass is 16.2. The van der Waals surface area contributed by atoms with Crippen LogP contribution in [-0.4, -0.2) is 47.4 Å². The summed E-state index contributed by atoms with van der Waals surface area (Å²) in [6.45, 7) is 12.5. The van der Waals surface area contributed by atoms with E-state index >= 15 is 0 Å². The van der Waals surface area contributed by atoms with Crippen LogP contribution < -0.4 is 15.1 Å². The number of Topliss-reactive ketones (excluding diaryl/α,β-unsaturated/α-hetero) is 1. The van der Waals surface area contributed by atoms with Gasteiger partial charge >= 0.3 is 0 Å². The number of nitrogens with one attached hydrogen (secondary N) is 1. The van der Waals surface area contributed by atoms with E-state index in [4.69, 9.17) is 4.98 Å². The lowest BCUT2D eigenvalue weighted by Gasteiger charge is -2.37. The number of benzene rings is 2. The van der Waals surface area contributed by atoms with E-state index in [1.165, 1.54) is 5.56 Å². The highest BCUT2D eigenvalue weighted by Crippen LogP contribution is 2.29. The molecule has 3 heterocycles. The topological polar surface area (TPSA) is 70.5 Å². The smallest absolute Gasteiger partial charge is 0.298 e. The minimum atomic E-state index is -0.625. The molecule has 2 aromatic carbocycles. The van der Waals surface area contributed by atoms with Gasteiger partial charge in [-0.05, 0) is 80.8 Å². The fourth-order valence-corrected chi connectivity index (χ4v) is 5.59. The van der Waals surface area contributed by atoms with Gasteiger partial charge in [0.25, 0.3) is 11.7 Å². The Morgan fingerprint density at radius 1 is 0.854 bits per heavy atom. The highest BCUT2D eigenvalue weighted by molar-refractivity contribution is 6.47. The van der Waals surface area contributed by atoms with E-state index in [0.29, 0.717) is 17.9 Å². The van der Waals surface area contributed by atoms with Crippen LogP contribution in [0.4, 0.5) is 17.2 Å². The third-order valence-corrected chi connectivity index (χ3v) is 7.72. The Bertz CT molecular complexity index is 1500. The minimum absolute atomic E-state index is 0.451. The first kappa shape index (κ1) is 28.1. The Kier molecular flexibility index (Phi) is 8.53. The molecule has 5 rings (SSSR count). The quantitative estimate of drug-likeness (QED) is 0.193. The Morgan fingerprint density at radius 2 is 1.54 bits per heavy atom. The number of hydrogen-bond donors (Lipinski definition) is 1. The molecule has 4 aromatic rings. The van der Waals surface area contributed by atoms with Crippen molar-refractivity contribution in [2.45, 2.75) is 47.1 Å². The molecule has 0 unspecified atom stereocenters. The summed E-state index contributed by atoms with van der Waals surface area (Å²) in [6.07, 6.45) is 1.94. The Balaban J connectivity index is 1.27. The summed E-state index contributed by atoms with van der Waals surface area (Å²) in [5.41, 5.74) is 7.13. The number of ketones is 1. The van der Waals surface area contributed by atoms with Crippen LogP contribution in [-0.2, 0) is 11.3 Å². The van der Waals surface area contributed by atoms with E-state index in [1.807, 2.05) is 79.1 Å². The van der Waals surface area contributed by atoms with Crippen LogP contribution in [0.5, 0.6) is 0 Å². The fraction of sp³-hybridized carbons (Fsp3) is 0.324. The standard InChI is InChI=1S/C34H39N5O2/c1-5-6-16-39-26(4)23-30(27-10-8-7-9-11-27)32(39)33(40)34(41)36-28-12-14-29(15-13-28)37-17-19-38(20-18-37)31-22-24(2)21-25(3)35-31/h7-15,21-23H,5-6,16-20H2,1-4H3,(H,36,41). The number of aryl methyl sites for hydroxylation is 3. The molecule has 41 heavy (non-hydrogen) atoms. The summed E-state index contributed by atoms with van der Waals surface area (Å²) >= 11 is 0. The zero-order valence-corrected chi connectivity index (χ0v) is 24.5. The third kappa shape index (κ3) is 6.35. The average Bonchev–Trinajstić information content (AvgIpc) is 3.31. The van der Waals surface area contributed by atoms with Crippen molar-refractivity contribution in [2.24, 2.45) is 0 Å². The lowest BCUT2D eigenvalue weighted by Crippen LogP contribution is -2.46. The van der Waals surface area contributed by atoms with Gasteiger partial charge < -0.3 is 19.7 Å². The summed E-state index contributed by atoms with van der Waals surface area (Å²) < 4.78 is 1.99.